The highest BCUT2D eigenvalue weighted by atomic mass is 79.9. The van der Waals surface area contributed by atoms with Gasteiger partial charge in [0, 0.05) is 27.9 Å². The van der Waals surface area contributed by atoms with Crippen LogP contribution in [0.5, 0.6) is 5.75 Å². The van der Waals surface area contributed by atoms with Crippen LogP contribution < -0.4 is 10.1 Å². The van der Waals surface area contributed by atoms with Crippen LogP contribution in [0.25, 0.3) is 6.08 Å². The SMILES string of the molecule is CCOc1ccc(Br)cc1C=C(C#N)C(=O)Nc1ccc([N+](=O)[O-])cc1C. The zero-order valence-corrected chi connectivity index (χ0v) is 16.2. The Morgan fingerprint density at radius 2 is 2.11 bits per heavy atom. The molecule has 0 aliphatic carbocycles. The fourth-order valence-electron chi connectivity index (χ4n) is 2.31. The summed E-state index contributed by atoms with van der Waals surface area (Å²) in [4.78, 5) is 22.8. The zero-order valence-electron chi connectivity index (χ0n) is 14.7. The third-order valence-corrected chi connectivity index (χ3v) is 4.10. The summed E-state index contributed by atoms with van der Waals surface area (Å²) in [5.41, 5.74) is 1.31. The highest BCUT2D eigenvalue weighted by Crippen LogP contribution is 2.26. The number of nitro benzene ring substituents is 1. The maximum Gasteiger partial charge on any atom is 0.269 e. The van der Waals surface area contributed by atoms with Gasteiger partial charge in [0.2, 0.25) is 0 Å². The van der Waals surface area contributed by atoms with Crippen LogP contribution in [0.2, 0.25) is 0 Å². The molecule has 0 saturated heterocycles. The second kappa shape index (κ2) is 8.96. The molecule has 0 aliphatic heterocycles. The number of hydrogen-bond acceptors (Lipinski definition) is 5. The molecule has 7 nitrogen and oxygen atoms in total. The van der Waals surface area contributed by atoms with E-state index in [1.807, 2.05) is 13.0 Å². The molecule has 0 unspecified atom stereocenters. The summed E-state index contributed by atoms with van der Waals surface area (Å²) in [6, 6.07) is 11.2. The largest absolute Gasteiger partial charge is 0.493 e. The molecule has 27 heavy (non-hydrogen) atoms. The maximum absolute atomic E-state index is 12.5. The van der Waals surface area contributed by atoms with E-state index < -0.39 is 10.8 Å². The summed E-state index contributed by atoms with van der Waals surface area (Å²) in [6.07, 6.45) is 1.44. The molecule has 2 aromatic rings. The van der Waals surface area contributed by atoms with E-state index in [2.05, 4.69) is 21.2 Å². The number of hydrogen-bond donors (Lipinski definition) is 1. The molecular weight excluding hydrogens is 414 g/mol. The Balaban J connectivity index is 2.32. The molecule has 0 fully saturated rings. The Labute approximate surface area is 164 Å². The van der Waals surface area contributed by atoms with Crippen LogP contribution in [-0.2, 0) is 4.79 Å². The van der Waals surface area contributed by atoms with Crippen LogP contribution in [0.15, 0.2) is 46.4 Å². The number of carbonyl (C=O) groups is 1. The zero-order chi connectivity index (χ0) is 20.0. The van der Waals surface area contributed by atoms with Crippen LogP contribution in [0, 0.1) is 28.4 Å². The maximum atomic E-state index is 12.5. The molecule has 0 heterocycles. The first-order chi connectivity index (χ1) is 12.8. The van der Waals surface area contributed by atoms with Gasteiger partial charge in [0.05, 0.1) is 11.5 Å². The number of non-ortho nitro benzene ring substituents is 1. The average Bonchev–Trinajstić information content (AvgIpc) is 2.63. The first-order valence-electron chi connectivity index (χ1n) is 7.96. The molecule has 0 spiro atoms. The number of nitrogens with zero attached hydrogens (tertiary/aromatic N) is 2. The number of anilines is 1. The fraction of sp³-hybridized carbons (Fsp3) is 0.158. The molecule has 2 rings (SSSR count). The summed E-state index contributed by atoms with van der Waals surface area (Å²) >= 11 is 3.35. The van der Waals surface area contributed by atoms with Crippen molar-refractivity contribution in [2.45, 2.75) is 13.8 Å². The predicted octanol–water partition coefficient (Wildman–Crippen LogP) is 4.61. The van der Waals surface area contributed by atoms with E-state index in [9.17, 15) is 20.2 Å². The van der Waals surface area contributed by atoms with Crippen molar-refractivity contribution in [3.63, 3.8) is 0 Å². The Hall–Kier alpha value is -3.18. The highest BCUT2D eigenvalue weighted by molar-refractivity contribution is 9.10. The van der Waals surface area contributed by atoms with E-state index in [-0.39, 0.29) is 11.3 Å². The lowest BCUT2D eigenvalue weighted by Crippen LogP contribution is -2.14. The summed E-state index contributed by atoms with van der Waals surface area (Å²) in [6.45, 7) is 3.92. The molecule has 0 radical (unpaired) electrons. The van der Waals surface area contributed by atoms with Gasteiger partial charge in [0.15, 0.2) is 0 Å². The van der Waals surface area contributed by atoms with Gasteiger partial charge in [-0.3, -0.25) is 14.9 Å². The number of halogens is 1. The summed E-state index contributed by atoms with van der Waals surface area (Å²) in [5.74, 6) is -0.0651. The molecule has 0 saturated carbocycles. The molecule has 8 heteroatoms. The van der Waals surface area contributed by atoms with Crippen LogP contribution >= 0.6 is 15.9 Å². The highest BCUT2D eigenvalue weighted by Gasteiger charge is 2.14. The normalized spacial score (nSPS) is 10.8. The molecule has 0 bridgehead atoms. The van der Waals surface area contributed by atoms with Crippen molar-refractivity contribution >= 4 is 39.3 Å². The van der Waals surface area contributed by atoms with Crippen molar-refractivity contribution < 1.29 is 14.5 Å². The van der Waals surface area contributed by atoms with Crippen LogP contribution in [0.1, 0.15) is 18.1 Å². The van der Waals surface area contributed by atoms with E-state index in [4.69, 9.17) is 4.74 Å². The Bertz CT molecular complexity index is 964. The van der Waals surface area contributed by atoms with Gasteiger partial charge >= 0.3 is 0 Å². The smallest absolute Gasteiger partial charge is 0.269 e. The molecule has 0 aliphatic rings. The number of nitrogens with one attached hydrogen (secondary N) is 1. The van der Waals surface area contributed by atoms with Crippen molar-refractivity contribution in [2.24, 2.45) is 0 Å². The molecule has 0 aromatic heterocycles. The van der Waals surface area contributed by atoms with E-state index in [0.717, 1.165) is 4.47 Å². The van der Waals surface area contributed by atoms with Crippen molar-refractivity contribution in [3.8, 4) is 11.8 Å². The number of amides is 1. The molecule has 1 amide bonds. The van der Waals surface area contributed by atoms with Gasteiger partial charge in [0.1, 0.15) is 17.4 Å². The van der Waals surface area contributed by atoms with E-state index in [1.54, 1.807) is 25.1 Å². The monoisotopic (exact) mass is 429 g/mol. The standard InChI is InChI=1S/C19H16BrN3O4/c1-3-27-18-7-4-15(20)10-13(18)9-14(11-21)19(24)22-17-6-5-16(23(25)26)8-12(17)2/h4-10H,3H2,1-2H3,(H,22,24). The summed E-state index contributed by atoms with van der Waals surface area (Å²) < 4.78 is 6.30. The van der Waals surface area contributed by atoms with Crippen LogP contribution in [0.4, 0.5) is 11.4 Å². The number of carbonyl (C=O) groups excluding carboxylic acids is 1. The fourth-order valence-corrected chi connectivity index (χ4v) is 2.69. The third-order valence-electron chi connectivity index (χ3n) is 3.61. The van der Waals surface area contributed by atoms with Crippen molar-refractivity contribution in [2.75, 3.05) is 11.9 Å². The van der Waals surface area contributed by atoms with Crippen LogP contribution in [-0.4, -0.2) is 17.4 Å². The van der Waals surface area contributed by atoms with Crippen LogP contribution in [0.3, 0.4) is 0 Å². The number of aryl methyl sites for hydroxylation is 1. The van der Waals surface area contributed by atoms with E-state index >= 15 is 0 Å². The lowest BCUT2D eigenvalue weighted by atomic mass is 10.1. The second-order valence-corrected chi connectivity index (χ2v) is 6.41. The Morgan fingerprint density at radius 3 is 2.70 bits per heavy atom. The Kier molecular flexibility index (Phi) is 6.68. The number of nitriles is 1. The van der Waals surface area contributed by atoms with Crippen molar-refractivity contribution in [3.05, 3.63) is 67.7 Å². The third kappa shape index (κ3) is 5.15. The minimum atomic E-state index is -0.614. The lowest BCUT2D eigenvalue weighted by Gasteiger charge is -2.10. The first-order valence-corrected chi connectivity index (χ1v) is 8.75. The minimum absolute atomic E-state index is 0.0722. The van der Waals surface area contributed by atoms with Gasteiger partial charge in [0.25, 0.3) is 11.6 Å². The molecule has 0 atom stereocenters. The number of rotatable bonds is 6. The Morgan fingerprint density at radius 1 is 1.37 bits per heavy atom. The predicted molar refractivity (Wildman–Crippen MR) is 105 cm³/mol. The first kappa shape index (κ1) is 20.1. The number of benzene rings is 2. The van der Waals surface area contributed by atoms with Gasteiger partial charge in [-0.1, -0.05) is 15.9 Å². The van der Waals surface area contributed by atoms with E-state index in [0.29, 0.717) is 29.2 Å². The van der Waals surface area contributed by atoms with Crippen molar-refractivity contribution in [1.82, 2.24) is 0 Å². The molecule has 2 aromatic carbocycles. The molecule has 1 N–H and O–H groups in total. The van der Waals surface area contributed by atoms with Crippen molar-refractivity contribution in [1.29, 1.82) is 5.26 Å². The summed E-state index contributed by atoms with van der Waals surface area (Å²) in [7, 11) is 0. The molecule has 138 valence electrons. The lowest BCUT2D eigenvalue weighted by molar-refractivity contribution is -0.384. The van der Waals surface area contributed by atoms with Gasteiger partial charge in [-0.25, -0.2) is 0 Å². The van der Waals surface area contributed by atoms with Gasteiger partial charge in [-0.15, -0.1) is 0 Å². The van der Waals surface area contributed by atoms with Gasteiger partial charge in [-0.05, 0) is 49.8 Å². The quantitative estimate of drug-likeness (QED) is 0.312. The summed E-state index contributed by atoms with van der Waals surface area (Å²) in [5, 5.41) is 22.8. The van der Waals surface area contributed by atoms with Gasteiger partial charge in [-0.2, -0.15) is 5.26 Å². The minimum Gasteiger partial charge on any atom is -0.493 e. The van der Waals surface area contributed by atoms with Gasteiger partial charge < -0.3 is 10.1 Å². The second-order valence-electron chi connectivity index (χ2n) is 5.50. The number of ether oxygens (including phenoxy) is 1. The van der Waals surface area contributed by atoms with E-state index in [1.165, 1.54) is 24.3 Å². The number of nitro groups is 1. The topological polar surface area (TPSA) is 105 Å². The molecular formula is C19H16BrN3O4. The average molecular weight is 430 g/mol.